The molecule has 0 bridgehead atoms. The first kappa shape index (κ1) is 20.2. The number of nitrogens with zero attached hydrogens (tertiary/aromatic N) is 2. The van der Waals surface area contributed by atoms with Gasteiger partial charge in [0, 0.05) is 21.8 Å². The van der Waals surface area contributed by atoms with Crippen molar-refractivity contribution >= 4 is 38.9 Å². The molecule has 1 N–H and O–H groups in total. The van der Waals surface area contributed by atoms with Crippen molar-refractivity contribution in [1.29, 1.82) is 0 Å². The lowest BCUT2D eigenvalue weighted by molar-refractivity contribution is 0.317. The fourth-order valence-electron chi connectivity index (χ4n) is 3.11. The lowest BCUT2D eigenvalue weighted by Gasteiger charge is -2.08. The molecule has 0 spiro atoms. The number of aromatic hydroxyl groups is 1. The van der Waals surface area contributed by atoms with E-state index in [0.717, 1.165) is 33.2 Å². The Morgan fingerprint density at radius 3 is 2.63 bits per heavy atom. The highest BCUT2D eigenvalue weighted by atomic mass is 79.9. The van der Waals surface area contributed by atoms with Crippen LogP contribution in [0.1, 0.15) is 25.0 Å². The van der Waals surface area contributed by atoms with Crippen molar-refractivity contribution in [2.24, 2.45) is 4.99 Å². The van der Waals surface area contributed by atoms with Gasteiger partial charge in [0.05, 0.1) is 12.3 Å². The number of phenols is 1. The molecule has 0 saturated carbocycles. The Hall–Kier alpha value is -3.12. The predicted molar refractivity (Wildman–Crippen MR) is 123 cm³/mol. The van der Waals surface area contributed by atoms with Gasteiger partial charge in [-0.25, -0.2) is 4.98 Å². The largest absolute Gasteiger partial charge is 0.504 e. The van der Waals surface area contributed by atoms with Crippen molar-refractivity contribution in [3.8, 4) is 23.0 Å². The van der Waals surface area contributed by atoms with Crippen molar-refractivity contribution in [2.45, 2.75) is 20.3 Å². The maximum absolute atomic E-state index is 10.4. The van der Waals surface area contributed by atoms with Crippen LogP contribution in [0, 0.1) is 0 Å². The number of rotatable bonds is 6. The van der Waals surface area contributed by atoms with Crippen molar-refractivity contribution in [1.82, 2.24) is 4.98 Å². The second-order valence-corrected chi connectivity index (χ2v) is 7.67. The third-order valence-corrected chi connectivity index (χ3v) is 5.15. The monoisotopic (exact) mass is 464 g/mol. The van der Waals surface area contributed by atoms with Crippen LogP contribution in [-0.4, -0.2) is 22.9 Å². The first-order chi connectivity index (χ1) is 14.6. The van der Waals surface area contributed by atoms with Crippen LogP contribution in [0.2, 0.25) is 0 Å². The molecule has 0 unspecified atom stereocenters. The molecule has 4 aromatic rings. The molecule has 0 radical (unpaired) electrons. The van der Waals surface area contributed by atoms with Crippen LogP contribution in [0.5, 0.6) is 11.5 Å². The standard InChI is InChI=1S/C24H21BrN2O3/c1-3-15-5-10-21-20(11-15)27-24(30-21)16-6-8-19(9-7-16)26-14-17-12-18(25)13-22(23(17)28)29-4-2/h5-14,28H,3-4H2,1-2H3. The Morgan fingerprint density at radius 1 is 1.10 bits per heavy atom. The van der Waals surface area contributed by atoms with Crippen LogP contribution in [0.25, 0.3) is 22.6 Å². The molecule has 0 saturated heterocycles. The Labute approximate surface area is 183 Å². The highest BCUT2D eigenvalue weighted by molar-refractivity contribution is 9.10. The van der Waals surface area contributed by atoms with Gasteiger partial charge >= 0.3 is 0 Å². The second kappa shape index (κ2) is 8.71. The van der Waals surface area contributed by atoms with Crippen LogP contribution in [0.3, 0.4) is 0 Å². The third kappa shape index (κ3) is 4.24. The summed E-state index contributed by atoms with van der Waals surface area (Å²) in [5.74, 6) is 1.07. The van der Waals surface area contributed by atoms with Crippen molar-refractivity contribution in [3.05, 3.63) is 70.2 Å². The smallest absolute Gasteiger partial charge is 0.227 e. The van der Waals surface area contributed by atoms with Gasteiger partial charge < -0.3 is 14.3 Å². The van der Waals surface area contributed by atoms with E-state index in [-0.39, 0.29) is 5.75 Å². The summed E-state index contributed by atoms with van der Waals surface area (Å²) in [5.41, 5.74) is 5.08. The number of fused-ring (bicyclic) bond motifs is 1. The molecule has 152 valence electrons. The molecule has 5 nitrogen and oxygen atoms in total. The molecule has 6 heteroatoms. The van der Waals surface area contributed by atoms with Gasteiger partial charge in [0.1, 0.15) is 5.52 Å². The predicted octanol–water partition coefficient (Wildman–Crippen LogP) is 6.67. The topological polar surface area (TPSA) is 67.9 Å². The van der Waals surface area contributed by atoms with E-state index in [1.54, 1.807) is 18.3 Å². The van der Waals surface area contributed by atoms with Crippen LogP contribution < -0.4 is 4.74 Å². The quantitative estimate of drug-likeness (QED) is 0.323. The van der Waals surface area contributed by atoms with E-state index < -0.39 is 0 Å². The normalized spacial score (nSPS) is 11.4. The average Bonchev–Trinajstić information content (AvgIpc) is 3.18. The van der Waals surface area contributed by atoms with Crippen molar-refractivity contribution in [3.63, 3.8) is 0 Å². The van der Waals surface area contributed by atoms with E-state index in [4.69, 9.17) is 9.15 Å². The van der Waals surface area contributed by atoms with Crippen LogP contribution in [0.15, 0.2) is 68.5 Å². The summed E-state index contributed by atoms with van der Waals surface area (Å²) < 4.78 is 12.1. The molecular weight excluding hydrogens is 444 g/mol. The molecule has 0 aliphatic heterocycles. The van der Waals surface area contributed by atoms with E-state index in [1.165, 1.54) is 5.56 Å². The number of hydrogen-bond acceptors (Lipinski definition) is 5. The zero-order valence-corrected chi connectivity index (χ0v) is 18.3. The Bertz CT molecular complexity index is 1210. The number of ether oxygens (including phenoxy) is 1. The Balaban J connectivity index is 1.57. The van der Waals surface area contributed by atoms with Gasteiger partial charge in [0.2, 0.25) is 5.89 Å². The number of phenolic OH excluding ortho intramolecular Hbond substituents is 1. The van der Waals surface area contributed by atoms with Gasteiger partial charge in [-0.15, -0.1) is 0 Å². The van der Waals surface area contributed by atoms with E-state index >= 15 is 0 Å². The summed E-state index contributed by atoms with van der Waals surface area (Å²) in [6, 6.07) is 17.2. The lowest BCUT2D eigenvalue weighted by Crippen LogP contribution is -1.94. The van der Waals surface area contributed by atoms with Gasteiger partial charge in [0.15, 0.2) is 17.1 Å². The van der Waals surface area contributed by atoms with Crippen molar-refractivity contribution < 1.29 is 14.3 Å². The van der Waals surface area contributed by atoms with Crippen LogP contribution >= 0.6 is 15.9 Å². The molecule has 0 aliphatic carbocycles. The van der Waals surface area contributed by atoms with E-state index in [2.05, 4.69) is 45.0 Å². The minimum atomic E-state index is 0.0679. The van der Waals surface area contributed by atoms with Gasteiger partial charge in [0.25, 0.3) is 0 Å². The summed E-state index contributed by atoms with van der Waals surface area (Å²) in [4.78, 5) is 9.07. The van der Waals surface area contributed by atoms with E-state index in [1.807, 2.05) is 37.3 Å². The Kier molecular flexibility index (Phi) is 5.86. The first-order valence-corrected chi connectivity index (χ1v) is 10.6. The number of oxazole rings is 1. The molecule has 30 heavy (non-hydrogen) atoms. The molecule has 0 atom stereocenters. The van der Waals surface area contributed by atoms with Crippen LogP contribution in [-0.2, 0) is 6.42 Å². The number of benzene rings is 3. The van der Waals surface area contributed by atoms with E-state index in [0.29, 0.717) is 23.8 Å². The number of halogens is 1. The van der Waals surface area contributed by atoms with E-state index in [9.17, 15) is 5.11 Å². The molecular formula is C24H21BrN2O3. The fraction of sp³-hybridized carbons (Fsp3) is 0.167. The third-order valence-electron chi connectivity index (χ3n) is 4.70. The molecule has 4 rings (SSSR count). The van der Waals surface area contributed by atoms with Gasteiger partial charge in [-0.3, -0.25) is 4.99 Å². The number of aromatic nitrogens is 1. The molecule has 3 aromatic carbocycles. The summed E-state index contributed by atoms with van der Waals surface area (Å²) >= 11 is 3.43. The maximum atomic E-state index is 10.4. The summed E-state index contributed by atoms with van der Waals surface area (Å²) in [5, 5.41) is 10.4. The lowest BCUT2D eigenvalue weighted by atomic mass is 10.1. The minimum Gasteiger partial charge on any atom is -0.504 e. The summed E-state index contributed by atoms with van der Waals surface area (Å²) in [6.07, 6.45) is 2.58. The Morgan fingerprint density at radius 2 is 1.90 bits per heavy atom. The highest BCUT2D eigenvalue weighted by Gasteiger charge is 2.10. The second-order valence-electron chi connectivity index (χ2n) is 6.75. The zero-order chi connectivity index (χ0) is 21.1. The van der Waals surface area contributed by atoms with Crippen LogP contribution in [0.4, 0.5) is 5.69 Å². The summed E-state index contributed by atoms with van der Waals surface area (Å²) in [7, 11) is 0. The SMILES string of the molecule is CCOc1cc(Br)cc(C=Nc2ccc(-c3nc4cc(CC)ccc4o3)cc2)c1O. The number of aliphatic imine (C=N–C) groups is 1. The summed E-state index contributed by atoms with van der Waals surface area (Å²) in [6.45, 7) is 4.46. The van der Waals surface area contributed by atoms with Crippen molar-refractivity contribution in [2.75, 3.05) is 6.61 Å². The number of aryl methyl sites for hydroxylation is 1. The van der Waals surface area contributed by atoms with Gasteiger partial charge in [-0.1, -0.05) is 28.9 Å². The zero-order valence-electron chi connectivity index (χ0n) is 16.7. The average molecular weight is 465 g/mol. The highest BCUT2D eigenvalue weighted by Crippen LogP contribution is 2.33. The molecule has 1 heterocycles. The number of hydrogen-bond donors (Lipinski definition) is 1. The molecule has 1 aromatic heterocycles. The van der Waals surface area contributed by atoms with Gasteiger partial charge in [-0.2, -0.15) is 0 Å². The molecule has 0 fully saturated rings. The minimum absolute atomic E-state index is 0.0679. The van der Waals surface area contributed by atoms with Gasteiger partial charge in [-0.05, 0) is 67.4 Å². The molecule has 0 aliphatic rings. The molecule has 0 amide bonds. The maximum Gasteiger partial charge on any atom is 0.227 e. The fourth-order valence-corrected chi connectivity index (χ4v) is 3.56. The first-order valence-electron chi connectivity index (χ1n) is 9.76.